The van der Waals surface area contributed by atoms with Gasteiger partial charge in [0.15, 0.2) is 10.7 Å². The fraction of sp³-hybridized carbons (Fsp3) is 0.300. The van der Waals surface area contributed by atoms with Crippen molar-refractivity contribution >= 4 is 17.1 Å². The van der Waals surface area contributed by atoms with Crippen molar-refractivity contribution < 1.29 is 18.5 Å². The number of halogens is 1. The summed E-state index contributed by atoms with van der Waals surface area (Å²) in [5.41, 5.74) is 0. The molecule has 82 valence electrons. The topological polar surface area (TPSA) is 49.4 Å². The van der Waals surface area contributed by atoms with Crippen LogP contribution in [-0.2, 0) is 20.7 Å². The third-order valence-electron chi connectivity index (χ3n) is 1.64. The molecular weight excluding hydrogens is 219 g/mol. The van der Waals surface area contributed by atoms with Gasteiger partial charge < -0.3 is 9.29 Å². The average Bonchev–Trinajstić information content (AvgIpc) is 2.18. The molecule has 15 heavy (non-hydrogen) atoms. The van der Waals surface area contributed by atoms with Crippen LogP contribution in [0.4, 0.5) is 4.39 Å². The Hall–Kier alpha value is -1.07. The monoisotopic (exact) mass is 230 g/mol. The first-order valence-corrected chi connectivity index (χ1v) is 5.75. The molecular formula is C10H11FO3S. The first-order chi connectivity index (χ1) is 7.15. The van der Waals surface area contributed by atoms with Crippen molar-refractivity contribution in [3.05, 3.63) is 30.1 Å². The molecule has 1 aromatic rings. The van der Waals surface area contributed by atoms with Crippen LogP contribution in [0.15, 0.2) is 29.2 Å². The molecule has 1 rings (SSSR count). The van der Waals surface area contributed by atoms with E-state index in [0.29, 0.717) is 0 Å². The summed E-state index contributed by atoms with van der Waals surface area (Å²) in [5.74, 6) is -1.46. The lowest BCUT2D eigenvalue weighted by Gasteiger charge is -2.09. The Kier molecular flexibility index (Phi) is 4.58. The Balaban J connectivity index is 2.65. The molecule has 3 nitrogen and oxygen atoms in total. The van der Waals surface area contributed by atoms with Gasteiger partial charge in [0, 0.05) is 0 Å². The van der Waals surface area contributed by atoms with Crippen LogP contribution in [0.2, 0.25) is 0 Å². The quantitative estimate of drug-likeness (QED) is 0.581. The van der Waals surface area contributed by atoms with E-state index in [-0.39, 0.29) is 17.3 Å². The Morgan fingerprint density at radius 3 is 2.80 bits per heavy atom. The number of esters is 1. The van der Waals surface area contributed by atoms with Crippen LogP contribution in [0.5, 0.6) is 0 Å². The van der Waals surface area contributed by atoms with Crippen LogP contribution in [0, 0.1) is 5.82 Å². The second kappa shape index (κ2) is 5.72. The van der Waals surface area contributed by atoms with Gasteiger partial charge >= 0.3 is 5.97 Å². The van der Waals surface area contributed by atoms with Crippen molar-refractivity contribution in [1.29, 1.82) is 0 Å². The first kappa shape index (κ1) is 12.0. The molecule has 0 aliphatic rings. The van der Waals surface area contributed by atoms with Gasteiger partial charge in [0.05, 0.1) is 6.61 Å². The molecule has 1 unspecified atom stereocenters. The largest absolute Gasteiger partial charge is 0.611 e. The zero-order valence-electron chi connectivity index (χ0n) is 8.23. The fourth-order valence-electron chi connectivity index (χ4n) is 1.02. The van der Waals surface area contributed by atoms with Crippen LogP contribution in [0.25, 0.3) is 0 Å². The second-order valence-corrected chi connectivity index (χ2v) is 4.14. The van der Waals surface area contributed by atoms with Gasteiger partial charge in [-0.15, -0.1) is 0 Å². The van der Waals surface area contributed by atoms with E-state index in [1.807, 2.05) is 0 Å². The number of hydrogen-bond acceptors (Lipinski definition) is 3. The lowest BCUT2D eigenvalue weighted by atomic mass is 10.3. The minimum absolute atomic E-state index is 0.0329. The molecule has 0 aliphatic carbocycles. The Morgan fingerprint density at radius 1 is 1.53 bits per heavy atom. The molecule has 0 aromatic heterocycles. The molecule has 0 fully saturated rings. The maximum absolute atomic E-state index is 13.1. The molecule has 1 atom stereocenters. The molecule has 1 aromatic carbocycles. The summed E-state index contributed by atoms with van der Waals surface area (Å²) in [4.78, 5) is 11.0. The maximum Gasteiger partial charge on any atom is 0.356 e. The van der Waals surface area contributed by atoms with Gasteiger partial charge in [0.2, 0.25) is 5.75 Å². The van der Waals surface area contributed by atoms with Crippen molar-refractivity contribution in [3.8, 4) is 0 Å². The van der Waals surface area contributed by atoms with Crippen molar-refractivity contribution in [2.75, 3.05) is 12.4 Å². The number of hydrogen-bond donors (Lipinski definition) is 0. The minimum atomic E-state index is -1.68. The highest BCUT2D eigenvalue weighted by Crippen LogP contribution is 2.15. The van der Waals surface area contributed by atoms with Crippen molar-refractivity contribution in [3.63, 3.8) is 0 Å². The van der Waals surface area contributed by atoms with Crippen LogP contribution >= 0.6 is 0 Å². The van der Waals surface area contributed by atoms with E-state index >= 15 is 0 Å². The molecule has 0 radical (unpaired) electrons. The summed E-state index contributed by atoms with van der Waals surface area (Å²) >= 11 is -1.68. The Labute approximate surface area is 90.4 Å². The summed E-state index contributed by atoms with van der Waals surface area (Å²) in [6.07, 6.45) is 0. The summed E-state index contributed by atoms with van der Waals surface area (Å²) in [6.45, 7) is 1.89. The molecule has 0 saturated heterocycles. The SMILES string of the molecule is CCOC(=O)C[S+]([O-])c1ccccc1F. The number of ether oxygens (including phenoxy) is 1. The zero-order chi connectivity index (χ0) is 11.3. The highest BCUT2D eigenvalue weighted by atomic mass is 32.2. The predicted molar refractivity (Wildman–Crippen MR) is 54.3 cm³/mol. The molecule has 0 heterocycles. The third-order valence-corrected chi connectivity index (χ3v) is 2.96. The van der Waals surface area contributed by atoms with Crippen molar-refractivity contribution in [2.45, 2.75) is 11.8 Å². The number of carbonyl (C=O) groups is 1. The van der Waals surface area contributed by atoms with Gasteiger partial charge in [-0.3, -0.25) is 0 Å². The standard InChI is InChI=1S/C10H11FO3S/c1-2-14-10(12)7-15(13)9-6-4-3-5-8(9)11/h3-6H,2,7H2,1H3. The van der Waals surface area contributed by atoms with Gasteiger partial charge in [0.25, 0.3) is 0 Å². The predicted octanol–water partition coefficient (Wildman–Crippen LogP) is 1.50. The molecule has 0 spiro atoms. The van der Waals surface area contributed by atoms with E-state index in [0.717, 1.165) is 0 Å². The zero-order valence-corrected chi connectivity index (χ0v) is 9.05. The van der Waals surface area contributed by atoms with Crippen molar-refractivity contribution in [1.82, 2.24) is 0 Å². The van der Waals surface area contributed by atoms with Crippen LogP contribution < -0.4 is 0 Å². The van der Waals surface area contributed by atoms with Gasteiger partial charge in [0.1, 0.15) is 0 Å². The maximum atomic E-state index is 13.1. The number of rotatable bonds is 4. The highest BCUT2D eigenvalue weighted by molar-refractivity contribution is 7.92. The molecule has 0 saturated carbocycles. The molecule has 0 N–H and O–H groups in total. The van der Waals surface area contributed by atoms with Gasteiger partial charge in [-0.25, -0.2) is 9.18 Å². The van der Waals surface area contributed by atoms with Crippen LogP contribution in [0.1, 0.15) is 6.92 Å². The van der Waals surface area contributed by atoms with E-state index in [4.69, 9.17) is 0 Å². The fourth-order valence-corrected chi connectivity index (χ4v) is 1.99. The molecule has 0 aliphatic heterocycles. The summed E-state index contributed by atoms with van der Waals surface area (Å²) in [5, 5.41) is 0. The van der Waals surface area contributed by atoms with Crippen LogP contribution in [-0.4, -0.2) is 22.9 Å². The van der Waals surface area contributed by atoms with Gasteiger partial charge in [-0.05, 0) is 30.2 Å². The van der Waals surface area contributed by atoms with Gasteiger partial charge in [-0.1, -0.05) is 12.1 Å². The molecule has 5 heteroatoms. The van der Waals surface area contributed by atoms with Gasteiger partial charge in [-0.2, -0.15) is 0 Å². The Bertz CT molecular complexity index is 343. The average molecular weight is 230 g/mol. The van der Waals surface area contributed by atoms with Crippen molar-refractivity contribution in [2.24, 2.45) is 0 Å². The summed E-state index contributed by atoms with van der Waals surface area (Å²) in [6, 6.07) is 5.67. The van der Waals surface area contributed by atoms with E-state index < -0.39 is 23.0 Å². The minimum Gasteiger partial charge on any atom is -0.611 e. The van der Waals surface area contributed by atoms with E-state index in [2.05, 4.69) is 4.74 Å². The van der Waals surface area contributed by atoms with E-state index in [9.17, 15) is 13.7 Å². The number of carbonyl (C=O) groups excluding carboxylic acids is 1. The smallest absolute Gasteiger partial charge is 0.356 e. The second-order valence-electron chi connectivity index (χ2n) is 2.73. The lowest BCUT2D eigenvalue weighted by Crippen LogP contribution is -2.19. The van der Waals surface area contributed by atoms with Crippen LogP contribution in [0.3, 0.4) is 0 Å². The first-order valence-electron chi connectivity index (χ1n) is 4.43. The number of benzene rings is 1. The van der Waals surface area contributed by atoms with E-state index in [1.54, 1.807) is 13.0 Å². The summed E-state index contributed by atoms with van der Waals surface area (Å²) < 4.78 is 29.3. The van der Waals surface area contributed by atoms with E-state index in [1.165, 1.54) is 18.2 Å². The normalized spacial score (nSPS) is 12.2. The Morgan fingerprint density at radius 2 is 2.20 bits per heavy atom. The summed E-state index contributed by atoms with van der Waals surface area (Å²) in [7, 11) is 0. The highest BCUT2D eigenvalue weighted by Gasteiger charge is 2.20. The lowest BCUT2D eigenvalue weighted by molar-refractivity contribution is -0.139. The molecule has 0 amide bonds. The molecule has 0 bridgehead atoms. The third kappa shape index (κ3) is 3.53.